The van der Waals surface area contributed by atoms with Crippen LogP contribution in [-0.2, 0) is 14.7 Å². The summed E-state index contributed by atoms with van der Waals surface area (Å²) in [5.74, 6) is 0. The Morgan fingerprint density at radius 1 is 1.25 bits per heavy atom. The quantitative estimate of drug-likeness (QED) is 0.206. The summed E-state index contributed by atoms with van der Waals surface area (Å²) in [4.78, 5) is 0. The van der Waals surface area contributed by atoms with Gasteiger partial charge in [0.25, 0.3) is 0 Å². The first-order valence-corrected chi connectivity index (χ1v) is 2.17. The Kier molecular flexibility index (Phi) is 18.7. The van der Waals surface area contributed by atoms with Gasteiger partial charge in [-0.25, -0.2) is 8.42 Å². The maximum absolute atomic E-state index is 8.91. The van der Waals surface area contributed by atoms with E-state index in [-0.39, 0.29) is 116 Å². The molecule has 0 saturated carbocycles. The van der Waals surface area contributed by atoms with Crippen molar-refractivity contribution in [2.24, 2.45) is 0 Å². The normalized spacial score (nSPS) is 8.75. The molecule has 0 heterocycles. The third-order valence-electron chi connectivity index (χ3n) is 0.0833. The molecule has 0 fully saturated rings. The third-order valence-corrected chi connectivity index (χ3v) is 0.250. The standard InChI is InChI=1S/H2O5S.2Rb/c1-5-6(2,3)4;;/h1H,(H,2,3,4);;/q;2*+1/p-2. The van der Waals surface area contributed by atoms with E-state index in [0.717, 1.165) is 0 Å². The SMILES string of the molecule is O=S(=O)([O-])O[O-].[Rb+].[Rb+]. The molecule has 0 spiro atoms. The molecule has 0 rings (SSSR count). The molecule has 5 nitrogen and oxygen atoms in total. The molecular weight excluding hydrogens is 283 g/mol. The summed E-state index contributed by atoms with van der Waals surface area (Å²) in [5, 5.41) is 8.55. The molecule has 0 amide bonds. The van der Waals surface area contributed by atoms with E-state index in [9.17, 15) is 0 Å². The van der Waals surface area contributed by atoms with Crippen molar-refractivity contribution in [2.75, 3.05) is 0 Å². The van der Waals surface area contributed by atoms with Gasteiger partial charge < -0.3 is 14.1 Å². The molecule has 0 aromatic heterocycles. The second-order valence-electron chi connectivity index (χ2n) is 0.476. The van der Waals surface area contributed by atoms with Crippen molar-refractivity contribution in [1.82, 2.24) is 0 Å². The van der Waals surface area contributed by atoms with Crippen LogP contribution in [0.2, 0.25) is 0 Å². The predicted molar refractivity (Wildman–Crippen MR) is 10.8 cm³/mol. The van der Waals surface area contributed by atoms with E-state index >= 15 is 0 Å². The molecule has 0 aliphatic heterocycles. The molecular formula is O5Rb2S. The Morgan fingerprint density at radius 3 is 1.38 bits per heavy atom. The van der Waals surface area contributed by atoms with E-state index in [0.29, 0.717) is 0 Å². The van der Waals surface area contributed by atoms with Crippen LogP contribution in [0.1, 0.15) is 0 Å². The van der Waals surface area contributed by atoms with E-state index in [1.54, 1.807) is 0 Å². The zero-order valence-electron chi connectivity index (χ0n) is 4.45. The monoisotopic (exact) mass is 282 g/mol. The topological polar surface area (TPSA) is 89.5 Å². The van der Waals surface area contributed by atoms with E-state index in [2.05, 4.69) is 4.33 Å². The third kappa shape index (κ3) is 16.2. The van der Waals surface area contributed by atoms with Gasteiger partial charge in [-0.05, 0) is 0 Å². The molecule has 38 valence electrons. The van der Waals surface area contributed by atoms with Gasteiger partial charge in [-0.3, -0.25) is 0 Å². The van der Waals surface area contributed by atoms with Gasteiger partial charge in [0.15, 0.2) is 0 Å². The number of hydrogen-bond acceptors (Lipinski definition) is 5. The van der Waals surface area contributed by atoms with Crippen molar-refractivity contribution >= 4 is 10.4 Å². The smallest absolute Gasteiger partial charge is 0.726 e. The minimum Gasteiger partial charge on any atom is -0.726 e. The minimum absolute atomic E-state index is 0. The van der Waals surface area contributed by atoms with Gasteiger partial charge in [-0.15, -0.1) is 0 Å². The first kappa shape index (κ1) is 17.5. The van der Waals surface area contributed by atoms with Crippen LogP contribution >= 0.6 is 0 Å². The molecule has 0 aliphatic rings. The molecule has 0 bridgehead atoms. The summed E-state index contributed by atoms with van der Waals surface area (Å²) in [6, 6.07) is 0. The predicted octanol–water partition coefficient (Wildman–Crippen LogP) is -8.25. The Hall–Kier alpha value is 3.44. The van der Waals surface area contributed by atoms with Crippen molar-refractivity contribution in [2.45, 2.75) is 0 Å². The van der Waals surface area contributed by atoms with Gasteiger partial charge in [0.1, 0.15) is 0 Å². The van der Waals surface area contributed by atoms with Crippen LogP contribution in [0, 0.1) is 0 Å². The zero-order valence-corrected chi connectivity index (χ0v) is 15.1. The Balaban J connectivity index is -0.000000125. The van der Waals surface area contributed by atoms with Crippen LogP contribution in [0.25, 0.3) is 0 Å². The molecule has 0 aromatic rings. The average Bonchev–Trinajstić information content (AvgIpc) is 1.35. The Labute approximate surface area is 145 Å². The van der Waals surface area contributed by atoms with Gasteiger partial charge >= 0.3 is 116 Å². The van der Waals surface area contributed by atoms with Crippen LogP contribution in [0.5, 0.6) is 0 Å². The molecule has 0 radical (unpaired) electrons. The van der Waals surface area contributed by atoms with Gasteiger partial charge in [-0.2, -0.15) is 0 Å². The van der Waals surface area contributed by atoms with Crippen molar-refractivity contribution in [3.8, 4) is 0 Å². The molecule has 0 aliphatic carbocycles. The fraction of sp³-hybridized carbons (Fsp3) is 0. The first-order chi connectivity index (χ1) is 2.56. The van der Waals surface area contributed by atoms with E-state index < -0.39 is 10.4 Å². The van der Waals surface area contributed by atoms with Gasteiger partial charge in [-0.1, -0.05) is 0 Å². The summed E-state index contributed by atoms with van der Waals surface area (Å²) in [7, 11) is -4.97. The van der Waals surface area contributed by atoms with Crippen LogP contribution in [0.3, 0.4) is 0 Å². The Morgan fingerprint density at radius 2 is 1.38 bits per heavy atom. The number of hydrogen-bond donors (Lipinski definition) is 0. The average molecular weight is 283 g/mol. The fourth-order valence-corrected chi connectivity index (χ4v) is 0. The van der Waals surface area contributed by atoms with Crippen molar-refractivity contribution in [1.29, 1.82) is 0 Å². The summed E-state index contributed by atoms with van der Waals surface area (Å²) in [6.07, 6.45) is 0. The second-order valence-corrected chi connectivity index (χ2v) is 1.43. The molecule has 0 saturated heterocycles. The molecule has 8 heteroatoms. The Bertz CT molecular complexity index is 112. The van der Waals surface area contributed by atoms with Crippen molar-refractivity contribution < 1.29 is 139 Å². The maximum Gasteiger partial charge on any atom is 1.00 e. The largest absolute Gasteiger partial charge is 1.00 e. The maximum atomic E-state index is 8.91. The van der Waals surface area contributed by atoms with E-state index in [1.807, 2.05) is 0 Å². The molecule has 0 atom stereocenters. The van der Waals surface area contributed by atoms with Crippen LogP contribution < -0.4 is 122 Å². The van der Waals surface area contributed by atoms with Crippen LogP contribution in [0.15, 0.2) is 0 Å². The van der Waals surface area contributed by atoms with Gasteiger partial charge in [0.2, 0.25) is 10.4 Å². The number of rotatable bonds is 1. The van der Waals surface area contributed by atoms with E-state index in [1.165, 1.54) is 0 Å². The second kappa shape index (κ2) is 8.54. The summed E-state index contributed by atoms with van der Waals surface area (Å²) in [6.45, 7) is 0. The van der Waals surface area contributed by atoms with Crippen LogP contribution in [0.4, 0.5) is 0 Å². The van der Waals surface area contributed by atoms with Crippen molar-refractivity contribution in [3.63, 3.8) is 0 Å². The first-order valence-electron chi connectivity index (χ1n) is 0.833. The molecule has 8 heavy (non-hydrogen) atoms. The van der Waals surface area contributed by atoms with Gasteiger partial charge in [0.05, 0.1) is 0 Å². The zero-order chi connectivity index (χ0) is 5.21. The summed E-state index contributed by atoms with van der Waals surface area (Å²) < 4.78 is 28.8. The summed E-state index contributed by atoms with van der Waals surface area (Å²) >= 11 is 0. The molecule has 0 unspecified atom stereocenters. The molecule has 0 N–H and O–H groups in total. The molecule has 0 aromatic carbocycles. The van der Waals surface area contributed by atoms with Crippen LogP contribution in [-0.4, -0.2) is 13.0 Å². The van der Waals surface area contributed by atoms with E-state index in [4.69, 9.17) is 18.2 Å². The summed E-state index contributed by atoms with van der Waals surface area (Å²) in [5.41, 5.74) is 0. The fourth-order valence-electron chi connectivity index (χ4n) is 0. The van der Waals surface area contributed by atoms with Crippen molar-refractivity contribution in [3.05, 3.63) is 0 Å². The van der Waals surface area contributed by atoms with Gasteiger partial charge in [0, 0.05) is 0 Å². The minimum atomic E-state index is -4.97.